The van der Waals surface area contributed by atoms with Crippen molar-refractivity contribution in [3.05, 3.63) is 65.7 Å². The van der Waals surface area contributed by atoms with Gasteiger partial charge in [-0.3, -0.25) is 9.10 Å². The molecule has 7 nitrogen and oxygen atoms in total. The Hall–Kier alpha value is -3.13. The predicted octanol–water partition coefficient (Wildman–Crippen LogP) is 2.52. The van der Waals surface area contributed by atoms with Crippen LogP contribution in [-0.4, -0.2) is 40.0 Å². The lowest BCUT2D eigenvalue weighted by Crippen LogP contribution is -2.29. The maximum absolute atomic E-state index is 13.0. The van der Waals surface area contributed by atoms with Crippen molar-refractivity contribution in [1.82, 2.24) is 5.32 Å². The Bertz CT molecular complexity index is 1050. The number of para-hydroxylation sites is 1. The molecule has 3 rings (SSSR count). The van der Waals surface area contributed by atoms with Crippen molar-refractivity contribution < 1.29 is 22.7 Å². The Labute approximate surface area is 176 Å². The highest BCUT2D eigenvalue weighted by Crippen LogP contribution is 2.32. The van der Waals surface area contributed by atoms with E-state index in [-0.39, 0.29) is 17.4 Å². The van der Waals surface area contributed by atoms with E-state index in [1.54, 1.807) is 12.1 Å². The van der Waals surface area contributed by atoms with E-state index in [1.165, 1.54) is 28.6 Å². The molecule has 1 heterocycles. The highest BCUT2D eigenvalue weighted by atomic mass is 32.2. The third-order valence-corrected chi connectivity index (χ3v) is 6.47. The smallest absolute Gasteiger partial charge is 0.331 e. The second kappa shape index (κ2) is 9.58. The molecule has 1 aliphatic rings. The lowest BCUT2D eigenvalue weighted by Gasteiger charge is -2.19. The van der Waals surface area contributed by atoms with Crippen LogP contribution in [0.15, 0.2) is 59.5 Å². The second-order valence-corrected chi connectivity index (χ2v) is 8.68. The molecule has 1 N–H and O–H groups in total. The van der Waals surface area contributed by atoms with Crippen LogP contribution in [-0.2, 0) is 30.8 Å². The summed E-state index contributed by atoms with van der Waals surface area (Å²) < 4.78 is 32.3. The number of ether oxygens (including phenoxy) is 1. The normalized spacial score (nSPS) is 13.3. The largest absolute Gasteiger partial charge is 0.452 e. The number of nitrogens with one attached hydrogen (secondary N) is 1. The first-order chi connectivity index (χ1) is 14.4. The van der Waals surface area contributed by atoms with Crippen LogP contribution < -0.4 is 9.62 Å². The molecule has 0 unspecified atom stereocenters. The summed E-state index contributed by atoms with van der Waals surface area (Å²) in [7, 11) is -3.65. The Balaban J connectivity index is 1.62. The Morgan fingerprint density at radius 3 is 2.60 bits per heavy atom. The summed E-state index contributed by atoms with van der Waals surface area (Å²) >= 11 is 0. The highest BCUT2D eigenvalue weighted by Gasteiger charge is 2.30. The van der Waals surface area contributed by atoms with Gasteiger partial charge in [-0.15, -0.1) is 0 Å². The zero-order chi connectivity index (χ0) is 21.6. The van der Waals surface area contributed by atoms with Gasteiger partial charge in [-0.2, -0.15) is 0 Å². The first-order valence-electron chi connectivity index (χ1n) is 9.74. The third-order valence-electron chi connectivity index (χ3n) is 4.64. The summed E-state index contributed by atoms with van der Waals surface area (Å²) in [6.07, 6.45) is 4.20. The molecule has 0 aromatic heterocycles. The van der Waals surface area contributed by atoms with Crippen molar-refractivity contribution in [2.24, 2.45) is 0 Å². The predicted molar refractivity (Wildman–Crippen MR) is 114 cm³/mol. The molecule has 0 aliphatic carbocycles. The molecule has 0 bridgehead atoms. The van der Waals surface area contributed by atoms with Gasteiger partial charge in [-0.05, 0) is 48.2 Å². The molecule has 0 atom stereocenters. The minimum Gasteiger partial charge on any atom is -0.452 e. The number of carbonyl (C=O) groups excluding carboxylic acids is 2. The number of hydrogen-bond acceptors (Lipinski definition) is 5. The van der Waals surface area contributed by atoms with Crippen LogP contribution in [0.4, 0.5) is 5.69 Å². The number of amides is 1. The third kappa shape index (κ3) is 5.07. The van der Waals surface area contributed by atoms with Crippen molar-refractivity contribution >= 4 is 33.7 Å². The number of esters is 1. The summed E-state index contributed by atoms with van der Waals surface area (Å²) in [6.45, 7) is 2.54. The summed E-state index contributed by atoms with van der Waals surface area (Å²) in [5.74, 6) is -0.997. The SMILES string of the molecule is CCCNC(=O)COC(=O)/C=C/c1ccc(S(=O)(=O)N2CCc3ccccc32)cc1. The standard InChI is InChI=1S/C22H24N2O5S/c1-2-14-23-21(25)16-29-22(26)12-9-17-7-10-19(11-8-17)30(27,28)24-15-13-18-5-3-4-6-20(18)24/h3-12H,2,13-16H2,1H3,(H,23,25)/b12-9+. The second-order valence-electron chi connectivity index (χ2n) is 6.82. The summed E-state index contributed by atoms with van der Waals surface area (Å²) in [5, 5.41) is 2.61. The molecule has 0 spiro atoms. The van der Waals surface area contributed by atoms with Crippen molar-refractivity contribution in [2.75, 3.05) is 24.0 Å². The number of sulfonamides is 1. The number of hydrogen-bond donors (Lipinski definition) is 1. The van der Waals surface area contributed by atoms with Crippen LogP contribution in [0.3, 0.4) is 0 Å². The number of benzene rings is 2. The van der Waals surface area contributed by atoms with Gasteiger partial charge < -0.3 is 10.1 Å². The fourth-order valence-electron chi connectivity index (χ4n) is 3.10. The van der Waals surface area contributed by atoms with E-state index in [2.05, 4.69) is 5.32 Å². The average molecular weight is 429 g/mol. The molecule has 30 heavy (non-hydrogen) atoms. The van der Waals surface area contributed by atoms with Crippen molar-refractivity contribution in [1.29, 1.82) is 0 Å². The Morgan fingerprint density at radius 2 is 1.87 bits per heavy atom. The van der Waals surface area contributed by atoms with E-state index in [1.807, 2.05) is 31.2 Å². The van der Waals surface area contributed by atoms with Gasteiger partial charge >= 0.3 is 5.97 Å². The van der Waals surface area contributed by atoms with Crippen molar-refractivity contribution in [3.63, 3.8) is 0 Å². The van der Waals surface area contributed by atoms with Gasteiger partial charge in [0.05, 0.1) is 10.6 Å². The minimum absolute atomic E-state index is 0.187. The Morgan fingerprint density at radius 1 is 1.13 bits per heavy atom. The van der Waals surface area contributed by atoms with E-state index in [9.17, 15) is 18.0 Å². The zero-order valence-electron chi connectivity index (χ0n) is 16.7. The van der Waals surface area contributed by atoms with Crippen LogP contribution in [0.1, 0.15) is 24.5 Å². The van der Waals surface area contributed by atoms with Crippen LogP contribution in [0.5, 0.6) is 0 Å². The number of anilines is 1. The van der Waals surface area contributed by atoms with Gasteiger partial charge in [-0.1, -0.05) is 37.3 Å². The lowest BCUT2D eigenvalue weighted by atomic mass is 10.2. The fraction of sp³-hybridized carbons (Fsp3) is 0.273. The molecule has 1 aliphatic heterocycles. The van der Waals surface area contributed by atoms with Gasteiger partial charge in [0, 0.05) is 19.2 Å². The summed E-state index contributed by atoms with van der Waals surface area (Å²) in [5.41, 5.74) is 2.37. The fourth-order valence-corrected chi connectivity index (χ4v) is 4.60. The average Bonchev–Trinajstić information content (AvgIpc) is 3.20. The van der Waals surface area contributed by atoms with Gasteiger partial charge in [0.1, 0.15) is 0 Å². The number of rotatable bonds is 8. The van der Waals surface area contributed by atoms with E-state index in [4.69, 9.17) is 4.74 Å². The van der Waals surface area contributed by atoms with E-state index >= 15 is 0 Å². The quantitative estimate of drug-likeness (QED) is 0.515. The highest BCUT2D eigenvalue weighted by molar-refractivity contribution is 7.92. The van der Waals surface area contributed by atoms with Gasteiger partial charge in [0.2, 0.25) is 0 Å². The van der Waals surface area contributed by atoms with Crippen molar-refractivity contribution in [3.8, 4) is 0 Å². The maximum atomic E-state index is 13.0. The van der Waals surface area contributed by atoms with Crippen LogP contribution in [0.25, 0.3) is 6.08 Å². The lowest BCUT2D eigenvalue weighted by molar-refractivity contribution is -0.143. The number of carbonyl (C=O) groups is 2. The van der Waals surface area contributed by atoms with Gasteiger partial charge in [0.15, 0.2) is 6.61 Å². The minimum atomic E-state index is -3.65. The molecule has 0 saturated carbocycles. The first kappa shape index (κ1) is 21.6. The monoisotopic (exact) mass is 428 g/mol. The number of fused-ring (bicyclic) bond motifs is 1. The maximum Gasteiger partial charge on any atom is 0.331 e. The van der Waals surface area contributed by atoms with Crippen LogP contribution in [0.2, 0.25) is 0 Å². The van der Waals surface area contributed by atoms with E-state index < -0.39 is 16.0 Å². The molecule has 1 amide bonds. The molecule has 0 fully saturated rings. The molecule has 0 saturated heterocycles. The number of nitrogens with zero attached hydrogens (tertiary/aromatic N) is 1. The molecule has 2 aromatic carbocycles. The summed E-state index contributed by atoms with van der Waals surface area (Å²) in [6, 6.07) is 13.7. The zero-order valence-corrected chi connectivity index (χ0v) is 17.5. The van der Waals surface area contributed by atoms with Crippen LogP contribution in [0, 0.1) is 0 Å². The van der Waals surface area contributed by atoms with E-state index in [0.29, 0.717) is 30.8 Å². The first-order valence-corrected chi connectivity index (χ1v) is 11.2. The van der Waals surface area contributed by atoms with Crippen molar-refractivity contribution in [2.45, 2.75) is 24.7 Å². The molecule has 0 radical (unpaired) electrons. The van der Waals surface area contributed by atoms with Gasteiger partial charge in [0.25, 0.3) is 15.9 Å². The summed E-state index contributed by atoms with van der Waals surface area (Å²) in [4.78, 5) is 23.3. The molecule has 158 valence electrons. The molecular weight excluding hydrogens is 404 g/mol. The van der Waals surface area contributed by atoms with Gasteiger partial charge in [-0.25, -0.2) is 13.2 Å². The topological polar surface area (TPSA) is 92.8 Å². The Kier molecular flexibility index (Phi) is 6.89. The van der Waals surface area contributed by atoms with E-state index in [0.717, 1.165) is 12.0 Å². The molecular formula is C22H24N2O5S. The molecule has 8 heteroatoms. The molecule has 2 aromatic rings. The van der Waals surface area contributed by atoms with Crippen LogP contribution >= 0.6 is 0 Å².